The summed E-state index contributed by atoms with van der Waals surface area (Å²) in [4.78, 5) is 12.3. The minimum absolute atomic E-state index is 0.0107. The Labute approximate surface area is 141 Å². The quantitative estimate of drug-likeness (QED) is 0.837. The van der Waals surface area contributed by atoms with Gasteiger partial charge in [-0.05, 0) is 49.7 Å². The van der Waals surface area contributed by atoms with Crippen LogP contribution in [0, 0.1) is 6.92 Å². The Bertz CT molecular complexity index is 799. The van der Waals surface area contributed by atoms with Gasteiger partial charge >= 0.3 is 0 Å². The Morgan fingerprint density at radius 1 is 1.12 bits per heavy atom. The predicted octanol–water partition coefficient (Wildman–Crippen LogP) is 2.44. The van der Waals surface area contributed by atoms with E-state index < -0.39 is 16.1 Å². The van der Waals surface area contributed by atoms with Crippen molar-refractivity contribution in [1.82, 2.24) is 0 Å². The van der Waals surface area contributed by atoms with Crippen molar-refractivity contribution in [2.24, 2.45) is 5.14 Å². The Hall–Kier alpha value is -2.38. The number of primary sulfonamides is 1. The standard InChI is InChI=1S/C17H20N2O4S/c1-3-16(23-14-8-4-12(2)5-9-14)17(20)19-13-6-10-15(11-7-13)24(18,21)22/h4-11,16H,3H2,1-2H3,(H,19,20)(H2,18,21,22)/t16-/m0/s1. The number of hydrogen-bond acceptors (Lipinski definition) is 4. The highest BCUT2D eigenvalue weighted by atomic mass is 32.2. The van der Waals surface area contributed by atoms with Crippen molar-refractivity contribution in [3.05, 3.63) is 54.1 Å². The number of carbonyl (C=O) groups excluding carboxylic acids is 1. The molecule has 0 fully saturated rings. The van der Waals surface area contributed by atoms with E-state index in [2.05, 4.69) is 5.32 Å². The summed E-state index contributed by atoms with van der Waals surface area (Å²) in [5.41, 5.74) is 1.58. The Balaban J connectivity index is 2.05. The average molecular weight is 348 g/mol. The zero-order chi connectivity index (χ0) is 17.7. The van der Waals surface area contributed by atoms with Crippen LogP contribution >= 0.6 is 0 Å². The number of carbonyl (C=O) groups is 1. The summed E-state index contributed by atoms with van der Waals surface area (Å²) in [5, 5.41) is 7.74. The third-order valence-corrected chi connectivity index (χ3v) is 4.34. The van der Waals surface area contributed by atoms with Gasteiger partial charge in [-0.15, -0.1) is 0 Å². The monoisotopic (exact) mass is 348 g/mol. The van der Waals surface area contributed by atoms with Gasteiger partial charge in [-0.1, -0.05) is 24.6 Å². The van der Waals surface area contributed by atoms with Crippen molar-refractivity contribution in [3.8, 4) is 5.75 Å². The molecule has 0 aliphatic carbocycles. The van der Waals surface area contributed by atoms with Gasteiger partial charge in [0.1, 0.15) is 5.75 Å². The maximum absolute atomic E-state index is 12.3. The summed E-state index contributed by atoms with van der Waals surface area (Å²) in [6, 6.07) is 13.1. The smallest absolute Gasteiger partial charge is 0.265 e. The van der Waals surface area contributed by atoms with Crippen LogP contribution in [0.4, 0.5) is 5.69 Å². The fraction of sp³-hybridized carbons (Fsp3) is 0.235. The number of sulfonamides is 1. The maximum atomic E-state index is 12.3. The second kappa shape index (κ2) is 7.46. The van der Waals surface area contributed by atoms with E-state index in [4.69, 9.17) is 9.88 Å². The molecule has 0 aliphatic rings. The highest BCUT2D eigenvalue weighted by molar-refractivity contribution is 7.89. The molecular weight excluding hydrogens is 328 g/mol. The number of rotatable bonds is 6. The molecule has 2 aromatic rings. The number of nitrogens with two attached hydrogens (primary N) is 1. The highest BCUT2D eigenvalue weighted by Gasteiger charge is 2.18. The molecule has 2 aromatic carbocycles. The molecule has 2 rings (SSSR count). The maximum Gasteiger partial charge on any atom is 0.265 e. The lowest BCUT2D eigenvalue weighted by Gasteiger charge is -2.17. The van der Waals surface area contributed by atoms with E-state index >= 15 is 0 Å². The topological polar surface area (TPSA) is 98.5 Å². The number of ether oxygens (including phenoxy) is 1. The fourth-order valence-electron chi connectivity index (χ4n) is 2.05. The lowest BCUT2D eigenvalue weighted by molar-refractivity contribution is -0.122. The van der Waals surface area contributed by atoms with Crippen molar-refractivity contribution in [3.63, 3.8) is 0 Å². The summed E-state index contributed by atoms with van der Waals surface area (Å²) in [6.07, 6.45) is -0.153. The number of aryl methyl sites for hydroxylation is 1. The molecule has 0 heterocycles. The van der Waals surface area contributed by atoms with Crippen molar-refractivity contribution in [1.29, 1.82) is 0 Å². The molecule has 0 saturated heterocycles. The minimum atomic E-state index is -3.75. The van der Waals surface area contributed by atoms with Crippen molar-refractivity contribution in [2.75, 3.05) is 5.32 Å². The molecule has 0 saturated carbocycles. The molecule has 1 amide bonds. The summed E-state index contributed by atoms with van der Waals surface area (Å²) < 4.78 is 28.1. The average Bonchev–Trinajstić information content (AvgIpc) is 2.54. The molecule has 0 spiro atoms. The van der Waals surface area contributed by atoms with Crippen LogP contribution in [0.5, 0.6) is 5.75 Å². The first-order valence-corrected chi connectivity index (χ1v) is 9.01. The van der Waals surface area contributed by atoms with Gasteiger partial charge in [0.05, 0.1) is 4.90 Å². The molecule has 24 heavy (non-hydrogen) atoms. The largest absolute Gasteiger partial charge is 0.481 e. The van der Waals surface area contributed by atoms with Crippen molar-refractivity contribution >= 4 is 21.6 Å². The number of benzene rings is 2. The van der Waals surface area contributed by atoms with Crippen molar-refractivity contribution < 1.29 is 17.9 Å². The first-order valence-electron chi connectivity index (χ1n) is 7.46. The third-order valence-electron chi connectivity index (χ3n) is 3.41. The summed E-state index contributed by atoms with van der Waals surface area (Å²) in [6.45, 7) is 3.82. The first-order chi connectivity index (χ1) is 11.3. The van der Waals surface area contributed by atoms with Crippen LogP contribution in [0.1, 0.15) is 18.9 Å². The lowest BCUT2D eigenvalue weighted by atomic mass is 10.2. The lowest BCUT2D eigenvalue weighted by Crippen LogP contribution is -2.32. The SMILES string of the molecule is CC[C@H](Oc1ccc(C)cc1)C(=O)Nc1ccc(S(N)(=O)=O)cc1. The van der Waals surface area contributed by atoms with Crippen LogP contribution in [-0.4, -0.2) is 20.4 Å². The number of nitrogens with one attached hydrogen (secondary N) is 1. The van der Waals surface area contributed by atoms with Crippen LogP contribution in [0.15, 0.2) is 53.4 Å². The number of anilines is 1. The van der Waals surface area contributed by atoms with Gasteiger partial charge in [0.25, 0.3) is 5.91 Å². The number of amides is 1. The van der Waals surface area contributed by atoms with Gasteiger partial charge in [-0.25, -0.2) is 13.6 Å². The van der Waals surface area contributed by atoms with Gasteiger partial charge in [-0.3, -0.25) is 4.79 Å². The first kappa shape index (κ1) is 18.0. The summed E-state index contributed by atoms with van der Waals surface area (Å²) in [5.74, 6) is 0.314. The second-order valence-corrected chi connectivity index (χ2v) is 6.95. The molecular formula is C17H20N2O4S. The fourth-order valence-corrected chi connectivity index (χ4v) is 2.57. The molecule has 1 atom stereocenters. The molecule has 0 aromatic heterocycles. The molecule has 128 valence electrons. The Morgan fingerprint density at radius 2 is 1.71 bits per heavy atom. The zero-order valence-corrected chi connectivity index (χ0v) is 14.3. The molecule has 0 bridgehead atoms. The Morgan fingerprint density at radius 3 is 2.21 bits per heavy atom. The van der Waals surface area contributed by atoms with Crippen LogP contribution in [0.2, 0.25) is 0 Å². The van der Waals surface area contributed by atoms with E-state index in [1.165, 1.54) is 24.3 Å². The van der Waals surface area contributed by atoms with Gasteiger partial charge < -0.3 is 10.1 Å². The molecule has 3 N–H and O–H groups in total. The molecule has 7 heteroatoms. The predicted molar refractivity (Wildman–Crippen MR) is 92.3 cm³/mol. The van der Waals surface area contributed by atoms with Crippen molar-refractivity contribution in [2.45, 2.75) is 31.3 Å². The van der Waals surface area contributed by atoms with Gasteiger partial charge in [0, 0.05) is 5.69 Å². The van der Waals surface area contributed by atoms with E-state index in [9.17, 15) is 13.2 Å². The summed E-state index contributed by atoms with van der Waals surface area (Å²) >= 11 is 0. The second-order valence-electron chi connectivity index (χ2n) is 5.39. The normalized spacial score (nSPS) is 12.5. The Kier molecular flexibility index (Phi) is 5.58. The van der Waals surface area contributed by atoms with E-state index in [0.29, 0.717) is 17.9 Å². The van der Waals surface area contributed by atoms with Gasteiger partial charge in [-0.2, -0.15) is 0 Å². The van der Waals surface area contributed by atoms with Crippen LogP contribution in [0.25, 0.3) is 0 Å². The van der Waals surface area contributed by atoms with E-state index in [1.54, 1.807) is 0 Å². The van der Waals surface area contributed by atoms with E-state index in [0.717, 1.165) is 5.56 Å². The molecule has 0 unspecified atom stereocenters. The molecule has 0 radical (unpaired) electrons. The zero-order valence-electron chi connectivity index (χ0n) is 13.5. The third kappa shape index (κ3) is 4.81. The highest BCUT2D eigenvalue weighted by Crippen LogP contribution is 2.17. The molecule has 6 nitrogen and oxygen atoms in total. The molecule has 0 aliphatic heterocycles. The van der Waals surface area contributed by atoms with Crippen LogP contribution in [-0.2, 0) is 14.8 Å². The summed E-state index contributed by atoms with van der Waals surface area (Å²) in [7, 11) is -3.75. The van der Waals surface area contributed by atoms with Crippen LogP contribution in [0.3, 0.4) is 0 Å². The van der Waals surface area contributed by atoms with Gasteiger partial charge in [0.2, 0.25) is 10.0 Å². The van der Waals surface area contributed by atoms with Gasteiger partial charge in [0.15, 0.2) is 6.10 Å². The van der Waals surface area contributed by atoms with Crippen LogP contribution < -0.4 is 15.2 Å². The van der Waals surface area contributed by atoms with E-state index in [-0.39, 0.29) is 10.8 Å². The minimum Gasteiger partial charge on any atom is -0.481 e. The van der Waals surface area contributed by atoms with E-state index in [1.807, 2.05) is 38.1 Å². The number of hydrogen-bond donors (Lipinski definition) is 2.